The van der Waals surface area contributed by atoms with Crippen molar-refractivity contribution in [3.05, 3.63) is 18.2 Å². The van der Waals surface area contributed by atoms with Crippen LogP contribution in [0.3, 0.4) is 0 Å². The molecule has 1 aromatic rings. The maximum absolute atomic E-state index is 10.5. The van der Waals surface area contributed by atoms with E-state index in [9.17, 15) is 5.11 Å². The summed E-state index contributed by atoms with van der Waals surface area (Å²) in [5.74, 6) is 1.24. The van der Waals surface area contributed by atoms with Crippen LogP contribution in [-0.2, 0) is 5.60 Å². The standard InChI is InChI=1S/C11H16N2O/c14-11(10-6-12-7-13-10)5-8-3-1-2-4-9(8)11/h6-9,14H,1-5H2,(H,12,13). The minimum absolute atomic E-state index is 0.483. The van der Waals surface area contributed by atoms with E-state index in [-0.39, 0.29) is 0 Å². The first kappa shape index (κ1) is 8.48. The molecule has 0 radical (unpaired) electrons. The molecule has 3 unspecified atom stereocenters. The van der Waals surface area contributed by atoms with Crippen LogP contribution in [0, 0.1) is 11.8 Å². The summed E-state index contributed by atoms with van der Waals surface area (Å²) in [7, 11) is 0. The van der Waals surface area contributed by atoms with E-state index < -0.39 is 5.60 Å². The molecule has 0 aromatic carbocycles. The Balaban J connectivity index is 1.86. The molecule has 2 aliphatic carbocycles. The zero-order valence-electron chi connectivity index (χ0n) is 8.24. The van der Waals surface area contributed by atoms with Gasteiger partial charge in [-0.2, -0.15) is 0 Å². The first-order chi connectivity index (χ1) is 6.81. The highest BCUT2D eigenvalue weighted by molar-refractivity contribution is 5.18. The number of fused-ring (bicyclic) bond motifs is 1. The fourth-order valence-corrected chi connectivity index (χ4v) is 3.27. The molecule has 3 heteroatoms. The van der Waals surface area contributed by atoms with Crippen LogP contribution in [0.15, 0.2) is 12.5 Å². The first-order valence-corrected chi connectivity index (χ1v) is 5.52. The van der Waals surface area contributed by atoms with Crippen LogP contribution in [0.4, 0.5) is 0 Å². The van der Waals surface area contributed by atoms with Crippen molar-refractivity contribution in [3.63, 3.8) is 0 Å². The lowest BCUT2D eigenvalue weighted by Gasteiger charge is -2.53. The van der Waals surface area contributed by atoms with E-state index in [1.165, 1.54) is 25.7 Å². The van der Waals surface area contributed by atoms with E-state index in [0.29, 0.717) is 5.92 Å². The largest absolute Gasteiger partial charge is 0.383 e. The van der Waals surface area contributed by atoms with Crippen molar-refractivity contribution in [1.29, 1.82) is 0 Å². The maximum Gasteiger partial charge on any atom is 0.109 e. The molecular weight excluding hydrogens is 176 g/mol. The molecule has 2 N–H and O–H groups in total. The second-order valence-corrected chi connectivity index (χ2v) is 4.74. The van der Waals surface area contributed by atoms with Crippen LogP contribution in [0.1, 0.15) is 37.8 Å². The summed E-state index contributed by atoms with van der Waals surface area (Å²) < 4.78 is 0. The predicted molar refractivity (Wildman–Crippen MR) is 52.5 cm³/mol. The van der Waals surface area contributed by atoms with Gasteiger partial charge in [-0.05, 0) is 31.1 Å². The Bertz CT molecular complexity index is 322. The van der Waals surface area contributed by atoms with E-state index in [4.69, 9.17) is 0 Å². The minimum Gasteiger partial charge on any atom is -0.383 e. The third-order valence-corrected chi connectivity index (χ3v) is 4.06. The van der Waals surface area contributed by atoms with Gasteiger partial charge in [-0.15, -0.1) is 0 Å². The fourth-order valence-electron chi connectivity index (χ4n) is 3.27. The molecule has 0 saturated heterocycles. The number of rotatable bonds is 1. The van der Waals surface area contributed by atoms with Gasteiger partial charge in [0.15, 0.2) is 0 Å². The van der Waals surface area contributed by atoms with Gasteiger partial charge in [0.2, 0.25) is 0 Å². The lowest BCUT2D eigenvalue weighted by molar-refractivity contribution is -0.164. The van der Waals surface area contributed by atoms with Crippen LogP contribution < -0.4 is 0 Å². The maximum atomic E-state index is 10.5. The van der Waals surface area contributed by atoms with Crippen molar-refractivity contribution in [2.24, 2.45) is 11.8 Å². The van der Waals surface area contributed by atoms with Crippen molar-refractivity contribution >= 4 is 0 Å². The van der Waals surface area contributed by atoms with Gasteiger partial charge in [0.1, 0.15) is 5.60 Å². The smallest absolute Gasteiger partial charge is 0.109 e. The molecule has 3 atom stereocenters. The third-order valence-electron chi connectivity index (χ3n) is 4.06. The Morgan fingerprint density at radius 3 is 3.00 bits per heavy atom. The summed E-state index contributed by atoms with van der Waals surface area (Å²) in [6.45, 7) is 0. The second-order valence-electron chi connectivity index (χ2n) is 4.74. The van der Waals surface area contributed by atoms with Gasteiger partial charge in [0.25, 0.3) is 0 Å². The highest BCUT2D eigenvalue weighted by Gasteiger charge is 2.54. The molecule has 0 bridgehead atoms. The molecule has 0 spiro atoms. The monoisotopic (exact) mass is 192 g/mol. The second kappa shape index (κ2) is 2.83. The van der Waals surface area contributed by atoms with E-state index in [0.717, 1.165) is 18.0 Å². The number of hydrogen-bond acceptors (Lipinski definition) is 2. The average Bonchev–Trinajstić information content (AvgIpc) is 2.69. The van der Waals surface area contributed by atoms with Crippen molar-refractivity contribution in [2.45, 2.75) is 37.7 Å². The number of aromatic nitrogens is 2. The third kappa shape index (κ3) is 0.989. The molecular formula is C11H16N2O. The normalized spacial score (nSPS) is 41.5. The van der Waals surface area contributed by atoms with Crippen molar-refractivity contribution < 1.29 is 5.11 Å². The Labute approximate surface area is 83.6 Å². The molecule has 1 aromatic heterocycles. The van der Waals surface area contributed by atoms with Gasteiger partial charge in [0, 0.05) is 0 Å². The lowest BCUT2D eigenvalue weighted by atomic mass is 9.55. The molecule has 0 aliphatic heterocycles. The number of H-pyrrole nitrogens is 1. The molecule has 14 heavy (non-hydrogen) atoms. The molecule has 1 heterocycles. The number of hydrogen-bond donors (Lipinski definition) is 2. The van der Waals surface area contributed by atoms with Gasteiger partial charge < -0.3 is 10.1 Å². The van der Waals surface area contributed by atoms with Gasteiger partial charge in [-0.1, -0.05) is 12.8 Å². The minimum atomic E-state index is -0.582. The van der Waals surface area contributed by atoms with Crippen molar-refractivity contribution in [1.82, 2.24) is 9.97 Å². The van der Waals surface area contributed by atoms with Gasteiger partial charge in [-0.3, -0.25) is 0 Å². The van der Waals surface area contributed by atoms with Crippen LogP contribution in [-0.4, -0.2) is 15.1 Å². The number of nitrogens with zero attached hydrogens (tertiary/aromatic N) is 1. The molecule has 3 rings (SSSR count). The van der Waals surface area contributed by atoms with Gasteiger partial charge in [0.05, 0.1) is 18.2 Å². The Morgan fingerprint density at radius 2 is 2.29 bits per heavy atom. The summed E-state index contributed by atoms with van der Waals surface area (Å²) in [5, 5.41) is 10.5. The topological polar surface area (TPSA) is 48.9 Å². The molecule has 2 saturated carbocycles. The SMILES string of the molecule is OC1(c2cnc[nH]2)CC2CCCCC21. The van der Waals surface area contributed by atoms with E-state index in [2.05, 4.69) is 9.97 Å². The molecule has 0 amide bonds. The number of nitrogens with one attached hydrogen (secondary N) is 1. The first-order valence-electron chi connectivity index (χ1n) is 5.52. The quantitative estimate of drug-likeness (QED) is 0.713. The molecule has 76 valence electrons. The summed E-state index contributed by atoms with van der Waals surface area (Å²) in [6, 6.07) is 0. The fraction of sp³-hybridized carbons (Fsp3) is 0.727. The van der Waals surface area contributed by atoms with Crippen LogP contribution in [0.25, 0.3) is 0 Å². The number of imidazole rings is 1. The number of aromatic amines is 1. The Hall–Kier alpha value is -0.830. The lowest BCUT2D eigenvalue weighted by Crippen LogP contribution is -2.52. The van der Waals surface area contributed by atoms with E-state index >= 15 is 0 Å². The van der Waals surface area contributed by atoms with Crippen LogP contribution in [0.2, 0.25) is 0 Å². The zero-order chi connectivity index (χ0) is 9.60. The summed E-state index contributed by atoms with van der Waals surface area (Å²) in [4.78, 5) is 7.04. The molecule has 2 fully saturated rings. The van der Waals surface area contributed by atoms with Crippen molar-refractivity contribution in [2.75, 3.05) is 0 Å². The van der Waals surface area contributed by atoms with Gasteiger partial charge >= 0.3 is 0 Å². The summed E-state index contributed by atoms with van der Waals surface area (Å²) in [6.07, 6.45) is 9.47. The Kier molecular flexibility index (Phi) is 1.71. The van der Waals surface area contributed by atoms with Crippen LogP contribution >= 0.6 is 0 Å². The summed E-state index contributed by atoms with van der Waals surface area (Å²) >= 11 is 0. The average molecular weight is 192 g/mol. The number of aliphatic hydroxyl groups is 1. The predicted octanol–water partition coefficient (Wildman–Crippen LogP) is 1.81. The zero-order valence-corrected chi connectivity index (χ0v) is 8.24. The molecule has 3 nitrogen and oxygen atoms in total. The van der Waals surface area contributed by atoms with Crippen LogP contribution in [0.5, 0.6) is 0 Å². The van der Waals surface area contributed by atoms with Gasteiger partial charge in [-0.25, -0.2) is 4.98 Å². The highest BCUT2D eigenvalue weighted by atomic mass is 16.3. The van der Waals surface area contributed by atoms with E-state index in [1.807, 2.05) is 0 Å². The van der Waals surface area contributed by atoms with E-state index in [1.54, 1.807) is 12.5 Å². The Morgan fingerprint density at radius 1 is 1.43 bits per heavy atom. The molecule has 2 aliphatic rings. The highest BCUT2D eigenvalue weighted by Crippen LogP contribution is 2.56. The summed E-state index contributed by atoms with van der Waals surface area (Å²) in [5.41, 5.74) is 0.336. The van der Waals surface area contributed by atoms with Crippen molar-refractivity contribution in [3.8, 4) is 0 Å².